The number of hydrogen-bond donors (Lipinski definition) is 2. The smallest absolute Gasteiger partial charge is 0.268 e. The molecule has 2 N–H and O–H groups in total. The summed E-state index contributed by atoms with van der Waals surface area (Å²) in [5.41, 5.74) is 3.23. The Hall–Kier alpha value is -3.11. The van der Waals surface area contributed by atoms with Crippen LogP contribution >= 0.6 is 23.2 Å². The molecule has 11 heteroatoms. The normalized spacial score (nSPS) is 21.2. The van der Waals surface area contributed by atoms with Gasteiger partial charge >= 0.3 is 0 Å². The van der Waals surface area contributed by atoms with Gasteiger partial charge in [0, 0.05) is 48.8 Å². The Balaban J connectivity index is 1.21. The van der Waals surface area contributed by atoms with Crippen LogP contribution in [0.5, 0.6) is 5.88 Å². The minimum absolute atomic E-state index is 0.0738. The van der Waals surface area contributed by atoms with Crippen molar-refractivity contribution in [3.8, 4) is 5.88 Å². The summed E-state index contributed by atoms with van der Waals surface area (Å²) in [6.07, 6.45) is 3.90. The number of aliphatic hydroxyl groups is 1. The third kappa shape index (κ3) is 4.64. The van der Waals surface area contributed by atoms with Crippen molar-refractivity contribution in [2.45, 2.75) is 25.5 Å². The standard InChI is InChI=1S/C27H28Cl2N6O3/c1-33-11-16-5-7-19(33)13-34(12-16)23-8-6-18(9-17(23)14-36)31-27-30-10-20-25(32-27)38-15-35(26(20)37)24-21(28)3-2-4-22(24)29/h2-4,6,8-10,16,19,36H,5,7,11-15H2,1H3,(H,30,31,32). The maximum atomic E-state index is 13.2. The van der Waals surface area contributed by atoms with Crippen LogP contribution in [-0.2, 0) is 6.61 Å². The van der Waals surface area contributed by atoms with Gasteiger partial charge in [-0.15, -0.1) is 0 Å². The summed E-state index contributed by atoms with van der Waals surface area (Å²) in [5.74, 6) is 0.748. The molecule has 5 heterocycles. The first-order chi connectivity index (χ1) is 18.4. The summed E-state index contributed by atoms with van der Waals surface area (Å²) in [6, 6.07) is 11.5. The summed E-state index contributed by atoms with van der Waals surface area (Å²) in [4.78, 5) is 28.1. The highest BCUT2D eigenvalue weighted by atomic mass is 35.5. The second-order valence-corrected chi connectivity index (χ2v) is 10.9. The molecule has 4 aliphatic heterocycles. The first kappa shape index (κ1) is 25.2. The number of rotatable bonds is 5. The fraction of sp³-hybridized carbons (Fsp3) is 0.370. The maximum absolute atomic E-state index is 13.2. The molecule has 2 atom stereocenters. The van der Waals surface area contributed by atoms with Crippen LogP contribution in [0, 0.1) is 5.92 Å². The Bertz CT molecular complexity index is 1370. The number of nitrogens with one attached hydrogen (secondary N) is 1. The second kappa shape index (κ2) is 10.2. The Morgan fingerprint density at radius 1 is 1.13 bits per heavy atom. The highest BCUT2D eigenvalue weighted by molar-refractivity contribution is 6.40. The summed E-state index contributed by atoms with van der Waals surface area (Å²) in [7, 11) is 2.21. The van der Waals surface area contributed by atoms with E-state index >= 15 is 0 Å². The fourth-order valence-electron chi connectivity index (χ4n) is 5.67. The van der Waals surface area contributed by atoms with Crippen LogP contribution < -0.4 is 19.9 Å². The molecular weight excluding hydrogens is 527 g/mol. The number of amides is 1. The molecule has 38 heavy (non-hydrogen) atoms. The Morgan fingerprint density at radius 3 is 2.71 bits per heavy atom. The number of nitrogens with zero attached hydrogens (tertiary/aromatic N) is 5. The average molecular weight is 555 g/mol. The van der Waals surface area contributed by atoms with Gasteiger partial charge < -0.3 is 25.0 Å². The second-order valence-electron chi connectivity index (χ2n) is 10.1. The topological polar surface area (TPSA) is 94.1 Å². The number of piperidine rings is 1. The van der Waals surface area contributed by atoms with Crippen molar-refractivity contribution in [3.05, 3.63) is 63.8 Å². The molecule has 7 rings (SSSR count). The van der Waals surface area contributed by atoms with Crippen molar-refractivity contribution < 1.29 is 14.6 Å². The summed E-state index contributed by atoms with van der Waals surface area (Å²) in [5, 5.41) is 14.0. The number of para-hydroxylation sites is 1. The van der Waals surface area contributed by atoms with Crippen molar-refractivity contribution >= 4 is 52.1 Å². The van der Waals surface area contributed by atoms with E-state index in [0.29, 0.717) is 27.7 Å². The molecule has 0 saturated carbocycles. The number of aromatic nitrogens is 2. The van der Waals surface area contributed by atoms with Gasteiger partial charge in [0.05, 0.1) is 22.3 Å². The molecule has 3 aromatic rings. The number of halogens is 2. The molecule has 9 nitrogen and oxygen atoms in total. The highest BCUT2D eigenvalue weighted by Gasteiger charge is 2.34. The van der Waals surface area contributed by atoms with Crippen molar-refractivity contribution in [1.82, 2.24) is 14.9 Å². The fourth-order valence-corrected chi connectivity index (χ4v) is 6.27. The molecule has 0 aliphatic carbocycles. The highest BCUT2D eigenvalue weighted by Crippen LogP contribution is 2.37. The number of carbonyl (C=O) groups excluding carboxylic acids is 1. The molecule has 0 spiro atoms. The number of fused-ring (bicyclic) bond motifs is 5. The molecule has 198 valence electrons. The molecule has 3 saturated heterocycles. The number of aliphatic hydroxyl groups excluding tert-OH is 1. The molecule has 1 aromatic heterocycles. The van der Waals surface area contributed by atoms with Gasteiger partial charge in [-0.2, -0.15) is 4.98 Å². The lowest BCUT2D eigenvalue weighted by atomic mass is 9.96. The quantitative estimate of drug-likeness (QED) is 0.474. The Labute approximate surface area is 230 Å². The van der Waals surface area contributed by atoms with Crippen molar-refractivity contribution in [1.29, 1.82) is 0 Å². The third-order valence-electron chi connectivity index (χ3n) is 7.60. The van der Waals surface area contributed by atoms with Gasteiger partial charge in [0.1, 0.15) is 5.56 Å². The molecular formula is C27H28Cl2N6O3. The zero-order valence-electron chi connectivity index (χ0n) is 20.9. The van der Waals surface area contributed by atoms with E-state index in [-0.39, 0.29) is 36.6 Å². The van der Waals surface area contributed by atoms with Crippen molar-refractivity contribution in [2.24, 2.45) is 5.92 Å². The van der Waals surface area contributed by atoms with E-state index < -0.39 is 0 Å². The van der Waals surface area contributed by atoms with Gasteiger partial charge in [-0.25, -0.2) is 4.98 Å². The van der Waals surface area contributed by atoms with E-state index in [2.05, 4.69) is 32.1 Å². The van der Waals surface area contributed by atoms with Gasteiger partial charge in [0.15, 0.2) is 6.73 Å². The van der Waals surface area contributed by atoms with Gasteiger partial charge in [-0.1, -0.05) is 29.3 Å². The molecule has 1 amide bonds. The minimum Gasteiger partial charge on any atom is -0.455 e. The molecule has 4 aliphatic rings. The van der Waals surface area contributed by atoms with Crippen LogP contribution in [0.3, 0.4) is 0 Å². The lowest BCUT2D eigenvalue weighted by Gasteiger charge is -2.32. The predicted octanol–water partition coefficient (Wildman–Crippen LogP) is 4.55. The van der Waals surface area contributed by atoms with Crippen LogP contribution in [0.15, 0.2) is 42.6 Å². The predicted molar refractivity (Wildman–Crippen MR) is 148 cm³/mol. The number of benzene rings is 2. The van der Waals surface area contributed by atoms with Crippen LogP contribution in [0.1, 0.15) is 28.8 Å². The van der Waals surface area contributed by atoms with E-state index in [9.17, 15) is 9.90 Å². The summed E-state index contributed by atoms with van der Waals surface area (Å²) < 4.78 is 5.79. The number of hydrogen-bond acceptors (Lipinski definition) is 8. The third-order valence-corrected chi connectivity index (χ3v) is 8.21. The number of ether oxygens (including phenoxy) is 1. The Morgan fingerprint density at radius 2 is 1.95 bits per heavy atom. The summed E-state index contributed by atoms with van der Waals surface area (Å²) >= 11 is 12.6. The zero-order valence-corrected chi connectivity index (χ0v) is 22.4. The van der Waals surface area contributed by atoms with Crippen LogP contribution in [-0.4, -0.2) is 65.3 Å². The maximum Gasteiger partial charge on any atom is 0.268 e. The van der Waals surface area contributed by atoms with Gasteiger partial charge in [-0.3, -0.25) is 9.69 Å². The first-order valence-corrected chi connectivity index (χ1v) is 13.4. The zero-order chi connectivity index (χ0) is 26.4. The first-order valence-electron chi connectivity index (χ1n) is 12.6. The van der Waals surface area contributed by atoms with E-state index in [1.54, 1.807) is 18.2 Å². The summed E-state index contributed by atoms with van der Waals surface area (Å²) in [6.45, 7) is 2.93. The monoisotopic (exact) mass is 554 g/mol. The lowest BCUT2D eigenvalue weighted by molar-refractivity contribution is 0.0932. The van der Waals surface area contributed by atoms with Gasteiger partial charge in [0.2, 0.25) is 11.8 Å². The lowest BCUT2D eigenvalue weighted by Crippen LogP contribution is -2.41. The number of anilines is 4. The minimum atomic E-state index is -0.350. The molecule has 2 bridgehead atoms. The van der Waals surface area contributed by atoms with Crippen molar-refractivity contribution in [2.75, 3.05) is 48.5 Å². The number of carbonyl (C=O) groups is 1. The average Bonchev–Trinajstić information content (AvgIpc) is 3.21. The van der Waals surface area contributed by atoms with E-state index in [0.717, 1.165) is 36.6 Å². The largest absolute Gasteiger partial charge is 0.455 e. The van der Waals surface area contributed by atoms with Crippen LogP contribution in [0.4, 0.5) is 23.0 Å². The van der Waals surface area contributed by atoms with E-state index in [4.69, 9.17) is 27.9 Å². The molecule has 0 radical (unpaired) electrons. The van der Waals surface area contributed by atoms with E-state index in [1.165, 1.54) is 23.9 Å². The SMILES string of the molecule is CN1CC2CCC1CN(c1ccc(Nc3ncc4c(n3)OCN(c3c(Cl)cccc3Cl)C4=O)cc1CO)C2. The number of likely N-dealkylation sites (N-methyl/N-ethyl adjacent to an activating group) is 1. The van der Waals surface area contributed by atoms with Crippen LogP contribution in [0.25, 0.3) is 0 Å². The molecule has 2 unspecified atom stereocenters. The van der Waals surface area contributed by atoms with Gasteiger partial charge in [0.25, 0.3) is 5.91 Å². The van der Waals surface area contributed by atoms with Gasteiger partial charge in [-0.05, 0) is 56.1 Å². The molecule has 2 aromatic carbocycles. The molecule has 3 fully saturated rings. The van der Waals surface area contributed by atoms with Crippen LogP contribution in [0.2, 0.25) is 10.0 Å². The Kier molecular flexibility index (Phi) is 6.77. The van der Waals surface area contributed by atoms with Crippen molar-refractivity contribution in [3.63, 3.8) is 0 Å². The van der Waals surface area contributed by atoms with E-state index in [1.807, 2.05) is 18.2 Å².